The molecule has 1 aromatic heterocycles. The molecule has 6 heteroatoms. The first-order valence-corrected chi connectivity index (χ1v) is 10.4. The third-order valence-electron chi connectivity index (χ3n) is 4.61. The number of rotatable bonds is 7. The van der Waals surface area contributed by atoms with Crippen LogP contribution in [-0.4, -0.2) is 31.2 Å². The highest BCUT2D eigenvalue weighted by atomic mass is 32.1. The van der Waals surface area contributed by atoms with Gasteiger partial charge in [0.15, 0.2) is 0 Å². The first-order chi connectivity index (χ1) is 14.6. The smallest absolute Gasteiger partial charge is 0.255 e. The van der Waals surface area contributed by atoms with E-state index in [-0.39, 0.29) is 5.91 Å². The van der Waals surface area contributed by atoms with Crippen LogP contribution in [0.15, 0.2) is 66.7 Å². The van der Waals surface area contributed by atoms with Crippen LogP contribution in [0.4, 0.5) is 5.69 Å². The number of anilines is 1. The Kier molecular flexibility index (Phi) is 6.07. The molecule has 30 heavy (non-hydrogen) atoms. The second-order valence-corrected chi connectivity index (χ2v) is 7.92. The average molecular weight is 419 g/mol. The third-order valence-corrected chi connectivity index (χ3v) is 5.67. The number of nitrogens with zero attached hydrogens (tertiary/aromatic N) is 1. The number of amides is 1. The number of ether oxygens (including phenoxy) is 2. The van der Waals surface area contributed by atoms with Crippen LogP contribution < -0.4 is 10.1 Å². The van der Waals surface area contributed by atoms with Crippen molar-refractivity contribution in [1.29, 1.82) is 0 Å². The Balaban J connectivity index is 1.41. The Morgan fingerprint density at radius 2 is 1.77 bits per heavy atom. The quantitative estimate of drug-likeness (QED) is 0.400. The van der Waals surface area contributed by atoms with E-state index in [0.717, 1.165) is 21.8 Å². The number of fused-ring (bicyclic) bond motifs is 1. The molecule has 0 saturated carbocycles. The van der Waals surface area contributed by atoms with Crippen molar-refractivity contribution in [2.45, 2.75) is 6.92 Å². The molecule has 4 rings (SSSR count). The molecule has 0 bridgehead atoms. The molecule has 0 fully saturated rings. The second-order valence-electron chi connectivity index (χ2n) is 6.89. The number of aromatic nitrogens is 1. The lowest BCUT2D eigenvalue weighted by Crippen LogP contribution is -2.11. The molecule has 0 spiro atoms. The van der Waals surface area contributed by atoms with Crippen molar-refractivity contribution >= 4 is 33.1 Å². The van der Waals surface area contributed by atoms with E-state index in [9.17, 15) is 4.79 Å². The summed E-state index contributed by atoms with van der Waals surface area (Å²) in [6.45, 7) is 3.08. The summed E-state index contributed by atoms with van der Waals surface area (Å²) in [5.41, 5.74) is 4.57. The molecule has 1 N–H and O–H groups in total. The molecule has 0 unspecified atom stereocenters. The first kappa shape index (κ1) is 20.1. The SMILES string of the molecule is COCCOc1ccc(C(=O)Nc2ccc(-c3nc4ccc(C)cc4s3)cc2)cc1. The number of hydrogen-bond acceptors (Lipinski definition) is 5. The van der Waals surface area contributed by atoms with E-state index in [1.165, 1.54) is 10.3 Å². The van der Waals surface area contributed by atoms with Crippen LogP contribution in [0.1, 0.15) is 15.9 Å². The maximum Gasteiger partial charge on any atom is 0.255 e. The Bertz CT molecular complexity index is 1150. The molecular formula is C24H22N2O3S. The van der Waals surface area contributed by atoms with Gasteiger partial charge in [-0.3, -0.25) is 4.79 Å². The summed E-state index contributed by atoms with van der Waals surface area (Å²) in [4.78, 5) is 17.2. The van der Waals surface area contributed by atoms with Crippen LogP contribution in [0.5, 0.6) is 5.75 Å². The monoisotopic (exact) mass is 418 g/mol. The minimum absolute atomic E-state index is 0.165. The maximum absolute atomic E-state index is 12.5. The van der Waals surface area contributed by atoms with Gasteiger partial charge in [-0.05, 0) is 73.2 Å². The lowest BCUT2D eigenvalue weighted by molar-refractivity contribution is 0.102. The molecule has 4 aromatic rings. The van der Waals surface area contributed by atoms with E-state index < -0.39 is 0 Å². The molecule has 1 heterocycles. The van der Waals surface area contributed by atoms with E-state index >= 15 is 0 Å². The summed E-state index contributed by atoms with van der Waals surface area (Å²) < 4.78 is 11.7. The number of benzene rings is 3. The second kappa shape index (κ2) is 9.07. The van der Waals surface area contributed by atoms with Gasteiger partial charge in [0.25, 0.3) is 5.91 Å². The summed E-state index contributed by atoms with van der Waals surface area (Å²) in [5.74, 6) is 0.542. The number of aryl methyl sites for hydroxylation is 1. The summed E-state index contributed by atoms with van der Waals surface area (Å²) in [7, 11) is 1.63. The van der Waals surface area contributed by atoms with Gasteiger partial charge in [-0.2, -0.15) is 0 Å². The molecule has 5 nitrogen and oxygen atoms in total. The summed E-state index contributed by atoms with van der Waals surface area (Å²) in [5, 5.41) is 3.90. The van der Waals surface area contributed by atoms with E-state index in [0.29, 0.717) is 24.5 Å². The molecular weight excluding hydrogens is 396 g/mol. The Morgan fingerprint density at radius 3 is 2.50 bits per heavy atom. The number of carbonyl (C=O) groups is 1. The fraction of sp³-hybridized carbons (Fsp3) is 0.167. The van der Waals surface area contributed by atoms with E-state index in [1.807, 2.05) is 30.3 Å². The highest BCUT2D eigenvalue weighted by molar-refractivity contribution is 7.21. The molecule has 0 atom stereocenters. The van der Waals surface area contributed by atoms with Crippen LogP contribution >= 0.6 is 11.3 Å². The Labute approximate surface area is 179 Å². The van der Waals surface area contributed by atoms with E-state index in [1.54, 1.807) is 42.7 Å². The molecule has 0 saturated heterocycles. The van der Waals surface area contributed by atoms with Crippen molar-refractivity contribution in [3.05, 3.63) is 77.9 Å². The largest absolute Gasteiger partial charge is 0.491 e. The van der Waals surface area contributed by atoms with Gasteiger partial charge in [-0.1, -0.05) is 6.07 Å². The van der Waals surface area contributed by atoms with Crippen molar-refractivity contribution in [2.75, 3.05) is 25.6 Å². The maximum atomic E-state index is 12.5. The Hall–Kier alpha value is -3.22. The molecule has 0 aliphatic rings. The van der Waals surface area contributed by atoms with Gasteiger partial charge in [-0.25, -0.2) is 4.98 Å². The molecule has 1 amide bonds. The highest BCUT2D eigenvalue weighted by Crippen LogP contribution is 2.31. The predicted octanol–water partition coefficient (Wildman–Crippen LogP) is 5.55. The zero-order valence-electron chi connectivity index (χ0n) is 16.8. The van der Waals surface area contributed by atoms with Crippen LogP contribution in [0.3, 0.4) is 0 Å². The molecule has 0 aliphatic carbocycles. The van der Waals surface area contributed by atoms with E-state index in [2.05, 4.69) is 24.4 Å². The summed E-state index contributed by atoms with van der Waals surface area (Å²) in [6.07, 6.45) is 0. The standard InChI is InChI=1S/C24H22N2O3S/c1-16-3-12-21-22(15-16)30-24(26-21)18-4-8-19(9-5-18)25-23(27)17-6-10-20(11-7-17)29-14-13-28-2/h3-12,15H,13-14H2,1-2H3,(H,25,27). The lowest BCUT2D eigenvalue weighted by atomic mass is 10.2. The van der Waals surface area contributed by atoms with Gasteiger partial charge in [0.05, 0.1) is 16.8 Å². The normalized spacial score (nSPS) is 10.9. The average Bonchev–Trinajstić information content (AvgIpc) is 3.18. The third kappa shape index (κ3) is 4.67. The zero-order chi connectivity index (χ0) is 20.9. The molecule has 152 valence electrons. The zero-order valence-corrected chi connectivity index (χ0v) is 17.7. The summed E-state index contributed by atoms with van der Waals surface area (Å²) in [6, 6.07) is 21.1. The topological polar surface area (TPSA) is 60.5 Å². The van der Waals surface area contributed by atoms with Crippen LogP contribution in [-0.2, 0) is 4.74 Å². The van der Waals surface area contributed by atoms with Gasteiger partial charge in [-0.15, -0.1) is 11.3 Å². The number of nitrogens with one attached hydrogen (secondary N) is 1. The fourth-order valence-corrected chi connectivity index (χ4v) is 4.07. The van der Waals surface area contributed by atoms with Gasteiger partial charge in [0.2, 0.25) is 0 Å². The van der Waals surface area contributed by atoms with Gasteiger partial charge in [0.1, 0.15) is 17.4 Å². The van der Waals surface area contributed by atoms with Crippen LogP contribution in [0.25, 0.3) is 20.8 Å². The predicted molar refractivity (Wildman–Crippen MR) is 122 cm³/mol. The molecule has 0 aliphatic heterocycles. The van der Waals surface area contributed by atoms with Crippen molar-refractivity contribution in [1.82, 2.24) is 4.98 Å². The van der Waals surface area contributed by atoms with Crippen LogP contribution in [0.2, 0.25) is 0 Å². The number of hydrogen-bond donors (Lipinski definition) is 1. The highest BCUT2D eigenvalue weighted by Gasteiger charge is 2.09. The van der Waals surface area contributed by atoms with E-state index in [4.69, 9.17) is 14.5 Å². The minimum atomic E-state index is -0.165. The molecule has 0 radical (unpaired) electrons. The van der Waals surface area contributed by atoms with Gasteiger partial charge < -0.3 is 14.8 Å². The molecule has 3 aromatic carbocycles. The number of carbonyl (C=O) groups excluding carboxylic acids is 1. The number of thiazole rings is 1. The fourth-order valence-electron chi connectivity index (χ4n) is 3.00. The van der Waals surface area contributed by atoms with Gasteiger partial charge in [0, 0.05) is 23.9 Å². The Morgan fingerprint density at radius 1 is 1.00 bits per heavy atom. The van der Waals surface area contributed by atoms with Crippen molar-refractivity contribution in [2.24, 2.45) is 0 Å². The van der Waals surface area contributed by atoms with Crippen molar-refractivity contribution in [3.8, 4) is 16.3 Å². The summed E-state index contributed by atoms with van der Waals surface area (Å²) >= 11 is 1.67. The van der Waals surface area contributed by atoms with Gasteiger partial charge >= 0.3 is 0 Å². The van der Waals surface area contributed by atoms with Crippen molar-refractivity contribution < 1.29 is 14.3 Å². The van der Waals surface area contributed by atoms with Crippen molar-refractivity contribution in [3.63, 3.8) is 0 Å². The first-order valence-electron chi connectivity index (χ1n) is 9.63. The van der Waals surface area contributed by atoms with Crippen LogP contribution in [0, 0.1) is 6.92 Å². The lowest BCUT2D eigenvalue weighted by Gasteiger charge is -2.08. The number of methoxy groups -OCH3 is 1. The minimum Gasteiger partial charge on any atom is -0.491 e.